The average molecular weight is 601 g/mol. The molecule has 2 aromatic carbocycles. The number of phosphoric acid groups is 1. The summed E-state index contributed by atoms with van der Waals surface area (Å²) in [6.45, 7) is 2.01. The van der Waals surface area contributed by atoms with Crippen molar-refractivity contribution in [3.05, 3.63) is 70.8 Å². The van der Waals surface area contributed by atoms with Crippen molar-refractivity contribution in [3.63, 3.8) is 0 Å². The van der Waals surface area contributed by atoms with Crippen LogP contribution in [0.4, 0.5) is 18.0 Å². The van der Waals surface area contributed by atoms with Gasteiger partial charge in [0.05, 0.1) is 29.4 Å². The van der Waals surface area contributed by atoms with Crippen molar-refractivity contribution in [3.8, 4) is 0 Å². The summed E-state index contributed by atoms with van der Waals surface area (Å²) in [4.78, 5) is 45.0. The maximum atomic E-state index is 13.5. The molecule has 0 aliphatic carbocycles. The molecule has 3 N–H and O–H groups in total. The quantitative estimate of drug-likeness (QED) is 0.287. The number of ether oxygens (including phenoxy) is 2. The molecular formula is C27H32F3N2O8P. The van der Waals surface area contributed by atoms with Crippen LogP contribution in [0.1, 0.15) is 61.0 Å². The number of likely N-dealkylation sites (tertiary alicyclic amines) is 1. The molecule has 0 saturated carbocycles. The summed E-state index contributed by atoms with van der Waals surface area (Å²) in [6.07, 6.45) is -4.81. The molecule has 0 unspecified atom stereocenters. The van der Waals surface area contributed by atoms with E-state index >= 15 is 0 Å². The lowest BCUT2D eigenvalue weighted by Crippen LogP contribution is -2.65. The van der Waals surface area contributed by atoms with Crippen LogP contribution in [0.3, 0.4) is 0 Å². The molecule has 14 heteroatoms. The van der Waals surface area contributed by atoms with E-state index in [2.05, 4.69) is 9.84 Å². The Hall–Kier alpha value is -2.96. The largest absolute Gasteiger partial charge is 0.472 e. The molecule has 41 heavy (non-hydrogen) atoms. The van der Waals surface area contributed by atoms with Gasteiger partial charge in [0.25, 0.3) is 0 Å². The number of nitrogens with one attached hydrogen (secondary N) is 1. The van der Waals surface area contributed by atoms with Gasteiger partial charge in [-0.1, -0.05) is 42.0 Å². The number of amides is 2. The van der Waals surface area contributed by atoms with Crippen LogP contribution in [-0.2, 0) is 35.1 Å². The lowest BCUT2D eigenvalue weighted by atomic mass is 9.74. The number of carbonyl (C=O) groups excluding carboxylic acids is 2. The van der Waals surface area contributed by atoms with Crippen LogP contribution in [0.5, 0.6) is 0 Å². The fourth-order valence-corrected chi connectivity index (χ4v) is 5.70. The van der Waals surface area contributed by atoms with Gasteiger partial charge in [0.1, 0.15) is 0 Å². The number of rotatable bonds is 8. The van der Waals surface area contributed by atoms with E-state index in [4.69, 9.17) is 19.3 Å². The standard InChI is InChI=1S/C27H32F3N2O8P/c1-18-12-20(14-22(13-18)27(28,29)30)19(2)38-16-26(21-6-4-3-5-7-21)11-10-25(9-8-23(33)31-25)15-32(26)24(34)39-17-40-41(35,36)37/h3-7,12-14,19H,8-11,15-17H2,1-2H3,(H,31,33)(H2,35,36,37)/t19-,25-,26-/m1/s1. The van der Waals surface area contributed by atoms with Gasteiger partial charge in [-0.15, -0.1) is 0 Å². The molecule has 0 bridgehead atoms. The van der Waals surface area contributed by atoms with E-state index in [9.17, 15) is 27.3 Å². The number of phosphoric ester groups is 1. The molecule has 0 radical (unpaired) electrons. The second-order valence-corrected chi connectivity index (χ2v) is 11.8. The molecule has 1 spiro atoms. The molecule has 3 atom stereocenters. The summed E-state index contributed by atoms with van der Waals surface area (Å²) in [6, 6.07) is 12.5. The van der Waals surface area contributed by atoms with E-state index in [1.165, 1.54) is 4.90 Å². The summed E-state index contributed by atoms with van der Waals surface area (Å²) in [5.74, 6) is -0.167. The van der Waals surface area contributed by atoms with Gasteiger partial charge in [-0.25, -0.2) is 13.9 Å². The summed E-state index contributed by atoms with van der Waals surface area (Å²) in [5.41, 5.74) is -1.37. The van der Waals surface area contributed by atoms with Gasteiger partial charge in [-0.2, -0.15) is 13.2 Å². The molecule has 4 rings (SSSR count). The normalized spacial score (nSPS) is 23.9. The van der Waals surface area contributed by atoms with Gasteiger partial charge < -0.3 is 24.6 Å². The molecular weight excluding hydrogens is 568 g/mol. The Morgan fingerprint density at radius 1 is 1.15 bits per heavy atom. The van der Waals surface area contributed by atoms with Crippen LogP contribution in [0.2, 0.25) is 0 Å². The van der Waals surface area contributed by atoms with E-state index in [1.54, 1.807) is 50.2 Å². The van der Waals surface area contributed by atoms with Gasteiger partial charge in [0.15, 0.2) is 0 Å². The summed E-state index contributed by atoms with van der Waals surface area (Å²) < 4.78 is 67.2. The number of aryl methyl sites for hydroxylation is 1. The zero-order valence-electron chi connectivity index (χ0n) is 22.5. The fraction of sp³-hybridized carbons (Fsp3) is 0.481. The molecule has 2 amide bonds. The van der Waals surface area contributed by atoms with Crippen LogP contribution in [0, 0.1) is 6.92 Å². The zero-order valence-corrected chi connectivity index (χ0v) is 23.4. The highest BCUT2D eigenvalue weighted by Gasteiger charge is 2.54. The smallest absolute Gasteiger partial charge is 0.422 e. The number of piperidine rings is 1. The SMILES string of the molecule is Cc1cc([C@@H](C)OC[C@@]2(c3ccccc3)CC[C@]3(CCC(=O)N3)CN2C(=O)OCOP(=O)(O)O)cc(C(F)(F)F)c1. The van der Waals surface area contributed by atoms with Crippen LogP contribution >= 0.6 is 7.82 Å². The third-order valence-electron chi connectivity index (χ3n) is 7.63. The third-order valence-corrected chi connectivity index (χ3v) is 8.07. The Balaban J connectivity index is 1.67. The molecule has 2 aliphatic heterocycles. The van der Waals surface area contributed by atoms with E-state index in [0.29, 0.717) is 36.0 Å². The van der Waals surface area contributed by atoms with E-state index in [0.717, 1.165) is 12.1 Å². The fourth-order valence-electron chi connectivity index (χ4n) is 5.51. The number of hydrogen-bond donors (Lipinski definition) is 3. The van der Waals surface area contributed by atoms with Crippen LogP contribution < -0.4 is 5.32 Å². The lowest BCUT2D eigenvalue weighted by molar-refractivity contribution is -0.137. The summed E-state index contributed by atoms with van der Waals surface area (Å²) in [7, 11) is -4.93. The van der Waals surface area contributed by atoms with Crippen molar-refractivity contribution < 1.29 is 51.1 Å². The number of halogens is 3. The monoisotopic (exact) mass is 600 g/mol. The third kappa shape index (κ3) is 7.28. The van der Waals surface area contributed by atoms with Crippen LogP contribution in [0.15, 0.2) is 48.5 Å². The minimum absolute atomic E-state index is 0.00276. The van der Waals surface area contributed by atoms with Gasteiger partial charge in [0.2, 0.25) is 12.7 Å². The lowest BCUT2D eigenvalue weighted by Gasteiger charge is -2.52. The Labute approximate surface area is 235 Å². The van der Waals surface area contributed by atoms with Crippen molar-refractivity contribution in [1.82, 2.24) is 10.2 Å². The van der Waals surface area contributed by atoms with E-state index in [1.807, 2.05) is 0 Å². The van der Waals surface area contributed by atoms with Crippen molar-refractivity contribution in [2.24, 2.45) is 0 Å². The molecule has 0 aromatic heterocycles. The Morgan fingerprint density at radius 2 is 1.85 bits per heavy atom. The minimum atomic E-state index is -4.93. The first-order valence-corrected chi connectivity index (χ1v) is 14.5. The van der Waals surface area contributed by atoms with Crippen molar-refractivity contribution in [2.45, 2.75) is 62.9 Å². The highest BCUT2D eigenvalue weighted by Crippen LogP contribution is 2.45. The number of alkyl halides is 3. The average Bonchev–Trinajstić information content (AvgIpc) is 3.26. The maximum absolute atomic E-state index is 13.5. The Kier molecular flexibility index (Phi) is 8.87. The predicted octanol–water partition coefficient (Wildman–Crippen LogP) is 4.93. The second-order valence-electron chi connectivity index (χ2n) is 10.5. The van der Waals surface area contributed by atoms with Crippen molar-refractivity contribution in [2.75, 3.05) is 19.9 Å². The highest BCUT2D eigenvalue weighted by molar-refractivity contribution is 7.46. The van der Waals surface area contributed by atoms with Crippen molar-refractivity contribution in [1.29, 1.82) is 0 Å². The summed E-state index contributed by atoms with van der Waals surface area (Å²) in [5, 5.41) is 2.95. The Bertz CT molecular complexity index is 1320. The Morgan fingerprint density at radius 3 is 2.46 bits per heavy atom. The number of hydrogen-bond acceptors (Lipinski definition) is 6. The first-order valence-electron chi connectivity index (χ1n) is 12.9. The molecule has 2 aliphatic rings. The number of benzene rings is 2. The second kappa shape index (κ2) is 11.7. The van der Waals surface area contributed by atoms with Gasteiger partial charge in [-0.3, -0.25) is 9.69 Å². The first kappa shape index (κ1) is 31.0. The van der Waals surface area contributed by atoms with Gasteiger partial charge in [-0.05, 0) is 56.4 Å². The zero-order chi connectivity index (χ0) is 30.1. The molecule has 2 saturated heterocycles. The first-order chi connectivity index (χ1) is 19.1. The number of carbonyl (C=O) groups is 2. The van der Waals surface area contributed by atoms with Crippen LogP contribution in [-0.4, -0.2) is 52.2 Å². The molecule has 2 heterocycles. The van der Waals surface area contributed by atoms with Gasteiger partial charge >= 0.3 is 20.1 Å². The maximum Gasteiger partial charge on any atom is 0.472 e. The molecule has 2 aromatic rings. The topological polar surface area (TPSA) is 135 Å². The van der Waals surface area contributed by atoms with Gasteiger partial charge in [0, 0.05) is 13.0 Å². The molecule has 2 fully saturated rings. The number of nitrogens with zero attached hydrogens (tertiary/aromatic N) is 1. The predicted molar refractivity (Wildman–Crippen MR) is 139 cm³/mol. The van der Waals surface area contributed by atoms with Crippen molar-refractivity contribution >= 4 is 19.8 Å². The van der Waals surface area contributed by atoms with E-state index in [-0.39, 0.29) is 25.5 Å². The summed E-state index contributed by atoms with van der Waals surface area (Å²) >= 11 is 0. The highest BCUT2D eigenvalue weighted by atomic mass is 31.2. The molecule has 10 nitrogen and oxygen atoms in total. The molecule has 224 valence electrons. The van der Waals surface area contributed by atoms with E-state index < -0.39 is 49.6 Å². The minimum Gasteiger partial charge on any atom is -0.422 e. The van der Waals surface area contributed by atoms with Crippen LogP contribution in [0.25, 0.3) is 0 Å².